The molecule has 3 nitrogen and oxygen atoms in total. The summed E-state index contributed by atoms with van der Waals surface area (Å²) < 4.78 is 6.46. The monoisotopic (exact) mass is 314 g/mol. The minimum absolute atomic E-state index is 0.144. The molecule has 4 heteroatoms. The fourth-order valence-corrected chi connectivity index (χ4v) is 5.64. The van der Waals surface area contributed by atoms with Crippen molar-refractivity contribution in [3.63, 3.8) is 0 Å². The van der Waals surface area contributed by atoms with Crippen LogP contribution < -0.4 is 0 Å². The molecule has 4 atom stereocenters. The van der Waals surface area contributed by atoms with Crippen molar-refractivity contribution in [3.05, 3.63) is 11.6 Å². The molecule has 0 bridgehead atoms. The molecule has 0 aromatic heterocycles. The summed E-state index contributed by atoms with van der Waals surface area (Å²) >= 11 is 0. The normalized spacial score (nSPS) is 19.0. The van der Waals surface area contributed by atoms with Crippen LogP contribution in [-0.2, 0) is 9.22 Å². The third-order valence-electron chi connectivity index (χ3n) is 4.81. The fourth-order valence-electron chi connectivity index (χ4n) is 2.64. The van der Waals surface area contributed by atoms with Crippen molar-refractivity contribution < 1.29 is 14.3 Å². The van der Waals surface area contributed by atoms with Gasteiger partial charge < -0.3 is 14.3 Å². The van der Waals surface area contributed by atoms with Gasteiger partial charge in [-0.2, -0.15) is 0 Å². The van der Waals surface area contributed by atoms with E-state index in [0.29, 0.717) is 0 Å². The summed E-state index contributed by atoms with van der Waals surface area (Å²) in [7, 11) is -1.60. The van der Waals surface area contributed by atoms with Gasteiger partial charge in [0.05, 0.1) is 6.10 Å². The van der Waals surface area contributed by atoms with Crippen molar-refractivity contribution >= 4 is 14.6 Å². The quantitative estimate of drug-likeness (QED) is 0.374. The summed E-state index contributed by atoms with van der Waals surface area (Å²) in [6, 6.07) is 3.43. The molecule has 124 valence electrons. The topological polar surface area (TPSA) is 46.5 Å². The van der Waals surface area contributed by atoms with E-state index in [1.54, 1.807) is 6.92 Å². The van der Waals surface area contributed by atoms with E-state index >= 15 is 0 Å². The summed E-state index contributed by atoms with van der Waals surface area (Å²) in [6.07, 6.45) is 2.30. The van der Waals surface area contributed by atoms with Crippen LogP contribution in [0.15, 0.2) is 11.6 Å². The van der Waals surface area contributed by atoms with Crippen molar-refractivity contribution in [1.29, 1.82) is 0 Å². The van der Waals surface area contributed by atoms with Crippen LogP contribution in [0.2, 0.25) is 18.1 Å². The first kappa shape index (κ1) is 20.5. The number of carbonyl (C=O) groups excluding carboxylic acids is 1. The van der Waals surface area contributed by atoms with Gasteiger partial charge in [-0.05, 0) is 43.5 Å². The van der Waals surface area contributed by atoms with E-state index in [0.717, 1.165) is 30.0 Å². The highest BCUT2D eigenvalue weighted by molar-refractivity contribution is 6.73. The van der Waals surface area contributed by atoms with Crippen molar-refractivity contribution in [3.8, 4) is 0 Å². The molecule has 0 heterocycles. The minimum atomic E-state index is -1.60. The first-order valence-corrected chi connectivity index (χ1v) is 10.8. The Kier molecular flexibility index (Phi) is 9.34. The van der Waals surface area contributed by atoms with Gasteiger partial charge in [0.2, 0.25) is 0 Å². The Morgan fingerprint density at radius 1 is 1.10 bits per heavy atom. The van der Waals surface area contributed by atoms with Crippen LogP contribution in [0, 0.1) is 11.8 Å². The van der Waals surface area contributed by atoms with Crippen LogP contribution in [0.3, 0.4) is 0 Å². The average molecular weight is 315 g/mol. The number of hydrogen-bond acceptors (Lipinski definition) is 3. The van der Waals surface area contributed by atoms with Crippen LogP contribution in [0.5, 0.6) is 0 Å². The Bertz CT molecular complexity index is 329. The molecular weight excluding hydrogens is 280 g/mol. The van der Waals surface area contributed by atoms with Crippen molar-refractivity contribution in [2.24, 2.45) is 11.8 Å². The highest BCUT2D eigenvalue weighted by atomic mass is 28.4. The highest BCUT2D eigenvalue weighted by Gasteiger charge is 2.32. The zero-order valence-electron chi connectivity index (χ0n) is 14.8. The van der Waals surface area contributed by atoms with E-state index in [9.17, 15) is 9.90 Å². The lowest BCUT2D eigenvalue weighted by atomic mass is 9.95. The Morgan fingerprint density at radius 3 is 1.95 bits per heavy atom. The maximum absolute atomic E-state index is 10.8. The van der Waals surface area contributed by atoms with E-state index in [4.69, 9.17) is 4.43 Å². The highest BCUT2D eigenvalue weighted by Crippen LogP contribution is 2.26. The summed E-state index contributed by atoms with van der Waals surface area (Å²) in [4.78, 5) is 10.8. The van der Waals surface area contributed by atoms with Gasteiger partial charge in [0.1, 0.15) is 6.29 Å². The molecule has 0 radical (unpaired) electrons. The molecule has 1 N–H and O–H groups in total. The summed E-state index contributed by atoms with van der Waals surface area (Å²) in [5, 5.41) is 10.1. The molecule has 0 saturated heterocycles. The van der Waals surface area contributed by atoms with Gasteiger partial charge in [-0.3, -0.25) is 0 Å². The standard InChI is InChI=1S/C17H34O3Si/c1-8-21(9-2,10-3)20-16(7)13(4)11-14(5)17(19)15(6)12-18/h11-13,15-17,19H,8-10H2,1-7H3/b14-11+/t13-,15-,16+,17-/m0/s1. The van der Waals surface area contributed by atoms with Gasteiger partial charge >= 0.3 is 0 Å². The molecule has 0 aliphatic carbocycles. The Labute approximate surface area is 131 Å². The molecule has 0 aliphatic rings. The second kappa shape index (κ2) is 9.54. The molecule has 0 rings (SSSR count). The SMILES string of the molecule is CC[Si](CC)(CC)O[C@H](C)[C@@H](C)/C=C(\C)[C@H](O)[C@@H](C)C=O. The van der Waals surface area contributed by atoms with Gasteiger partial charge in [0, 0.05) is 12.0 Å². The Balaban J connectivity index is 4.85. The third kappa shape index (κ3) is 6.05. The second-order valence-electron chi connectivity index (χ2n) is 6.28. The molecule has 0 spiro atoms. The second-order valence-corrected chi connectivity index (χ2v) is 11.0. The Morgan fingerprint density at radius 2 is 1.57 bits per heavy atom. The van der Waals surface area contributed by atoms with Crippen LogP contribution in [0.1, 0.15) is 48.5 Å². The van der Waals surface area contributed by atoms with Gasteiger partial charge in [-0.1, -0.05) is 40.7 Å². The van der Waals surface area contributed by atoms with Gasteiger partial charge in [0.15, 0.2) is 8.32 Å². The van der Waals surface area contributed by atoms with Crippen molar-refractivity contribution in [2.45, 2.75) is 78.8 Å². The van der Waals surface area contributed by atoms with E-state index in [2.05, 4.69) is 40.7 Å². The van der Waals surface area contributed by atoms with E-state index in [1.807, 2.05) is 6.92 Å². The molecule has 0 fully saturated rings. The first-order valence-electron chi connectivity index (χ1n) is 8.26. The van der Waals surface area contributed by atoms with E-state index in [1.165, 1.54) is 0 Å². The lowest BCUT2D eigenvalue weighted by molar-refractivity contribution is -0.112. The van der Waals surface area contributed by atoms with Crippen LogP contribution in [0.4, 0.5) is 0 Å². The molecule has 0 aromatic rings. The van der Waals surface area contributed by atoms with Crippen LogP contribution >= 0.6 is 0 Å². The Hall–Kier alpha value is -0.453. The summed E-state index contributed by atoms with van der Waals surface area (Å²) in [5.41, 5.74) is 0.856. The zero-order chi connectivity index (χ0) is 16.6. The van der Waals surface area contributed by atoms with Crippen LogP contribution in [-0.4, -0.2) is 31.9 Å². The average Bonchev–Trinajstić information content (AvgIpc) is 2.50. The molecular formula is C17H34O3Si. The van der Waals surface area contributed by atoms with Gasteiger partial charge in [0.25, 0.3) is 0 Å². The zero-order valence-corrected chi connectivity index (χ0v) is 15.8. The number of aliphatic hydroxyl groups is 1. The number of rotatable bonds is 10. The van der Waals surface area contributed by atoms with Gasteiger partial charge in [-0.25, -0.2) is 0 Å². The molecule has 0 aliphatic heterocycles. The van der Waals surface area contributed by atoms with E-state index < -0.39 is 14.4 Å². The number of aldehydes is 1. The molecule has 0 aromatic carbocycles. The van der Waals surface area contributed by atoms with Crippen molar-refractivity contribution in [2.75, 3.05) is 0 Å². The lowest BCUT2D eigenvalue weighted by Crippen LogP contribution is -2.40. The lowest BCUT2D eigenvalue weighted by Gasteiger charge is -2.34. The molecule has 0 saturated carbocycles. The number of hydrogen-bond donors (Lipinski definition) is 1. The predicted octanol–water partition coefficient (Wildman–Crippen LogP) is 4.18. The predicted molar refractivity (Wildman–Crippen MR) is 91.9 cm³/mol. The first-order chi connectivity index (χ1) is 9.76. The molecule has 21 heavy (non-hydrogen) atoms. The maximum Gasteiger partial charge on any atom is 0.192 e. The molecule has 0 unspecified atom stereocenters. The van der Waals surface area contributed by atoms with Crippen molar-refractivity contribution in [1.82, 2.24) is 0 Å². The summed E-state index contributed by atoms with van der Waals surface area (Å²) in [5.74, 6) is -0.130. The smallest absolute Gasteiger partial charge is 0.192 e. The fraction of sp³-hybridized carbons (Fsp3) is 0.824. The summed E-state index contributed by atoms with van der Waals surface area (Å²) in [6.45, 7) is 14.5. The number of aliphatic hydroxyl groups excluding tert-OH is 1. The van der Waals surface area contributed by atoms with Crippen LogP contribution in [0.25, 0.3) is 0 Å². The number of carbonyl (C=O) groups is 1. The largest absolute Gasteiger partial charge is 0.414 e. The van der Waals surface area contributed by atoms with Gasteiger partial charge in [-0.15, -0.1) is 0 Å². The molecule has 0 amide bonds. The van der Waals surface area contributed by atoms with E-state index in [-0.39, 0.29) is 17.9 Å². The third-order valence-corrected chi connectivity index (χ3v) is 9.55. The minimum Gasteiger partial charge on any atom is -0.414 e. The maximum atomic E-state index is 10.8.